The Morgan fingerprint density at radius 1 is 1.29 bits per heavy atom. The fraction of sp³-hybridized carbons (Fsp3) is 0.333. The molecule has 5 rings (SSSR count). The van der Waals surface area contributed by atoms with Crippen LogP contribution in [0.5, 0.6) is 5.75 Å². The number of imidazole rings is 1. The molecule has 2 aliphatic rings. The Morgan fingerprint density at radius 3 is 2.86 bits per heavy atom. The third-order valence-corrected chi connectivity index (χ3v) is 5.89. The number of rotatable bonds is 4. The molecule has 3 aromatic rings. The summed E-state index contributed by atoms with van der Waals surface area (Å²) in [6, 6.07) is 5.34. The van der Waals surface area contributed by atoms with Crippen LogP contribution in [0.1, 0.15) is 31.4 Å². The van der Waals surface area contributed by atoms with Gasteiger partial charge in [-0.15, -0.1) is 10.2 Å². The van der Waals surface area contributed by atoms with E-state index in [4.69, 9.17) is 0 Å². The molecule has 2 fully saturated rings. The van der Waals surface area contributed by atoms with E-state index in [0.717, 1.165) is 36.3 Å². The normalized spacial score (nSPS) is 20.2. The number of phenolic OH excluding ortho intramolecular Hbond substituents is 1. The van der Waals surface area contributed by atoms with Gasteiger partial charge in [0.25, 0.3) is 0 Å². The van der Waals surface area contributed by atoms with Gasteiger partial charge in [0.2, 0.25) is 0 Å². The first-order valence-corrected chi connectivity index (χ1v) is 9.59. The van der Waals surface area contributed by atoms with Crippen LogP contribution in [0.4, 0.5) is 0 Å². The first kappa shape index (κ1) is 17.1. The number of nitrogens with one attached hydrogen (secondary N) is 1. The fourth-order valence-electron chi connectivity index (χ4n) is 4.02. The van der Waals surface area contributed by atoms with Gasteiger partial charge in [0.1, 0.15) is 11.4 Å². The summed E-state index contributed by atoms with van der Waals surface area (Å²) in [4.78, 5) is 8.46. The summed E-state index contributed by atoms with van der Waals surface area (Å²) in [6.45, 7) is 5.30. The first-order valence-electron chi connectivity index (χ1n) is 9.59. The van der Waals surface area contributed by atoms with E-state index in [1.165, 1.54) is 12.8 Å². The Bertz CT molecular complexity index is 1010. The van der Waals surface area contributed by atoms with Crippen LogP contribution in [0.25, 0.3) is 22.6 Å². The largest absolute Gasteiger partial charge is 0.507 e. The molecular weight excluding hydrogens is 352 g/mol. The van der Waals surface area contributed by atoms with E-state index in [1.54, 1.807) is 30.9 Å². The minimum absolute atomic E-state index is 0.105. The topological polar surface area (TPSA) is 88.8 Å². The van der Waals surface area contributed by atoms with E-state index in [-0.39, 0.29) is 5.75 Å². The maximum absolute atomic E-state index is 10.4. The van der Waals surface area contributed by atoms with Gasteiger partial charge in [-0.2, -0.15) is 0 Å². The molecule has 1 aliphatic heterocycles. The summed E-state index contributed by atoms with van der Waals surface area (Å²) in [6.07, 6.45) is 11.6. The molecule has 1 aromatic carbocycles. The highest BCUT2D eigenvalue weighted by Gasteiger charge is 2.46. The van der Waals surface area contributed by atoms with Crippen molar-refractivity contribution in [3.8, 4) is 22.8 Å². The van der Waals surface area contributed by atoms with Crippen LogP contribution in [0.15, 0.2) is 49.7 Å². The molecule has 3 heterocycles. The predicted molar refractivity (Wildman–Crippen MR) is 106 cm³/mol. The van der Waals surface area contributed by atoms with E-state index < -0.39 is 0 Å². The van der Waals surface area contributed by atoms with Gasteiger partial charge in [-0.05, 0) is 55.9 Å². The Labute approximate surface area is 163 Å². The van der Waals surface area contributed by atoms with Crippen LogP contribution >= 0.6 is 0 Å². The summed E-state index contributed by atoms with van der Waals surface area (Å²) in [7, 11) is 0. The second kappa shape index (κ2) is 6.53. The molecule has 0 amide bonds. The van der Waals surface area contributed by atoms with Crippen molar-refractivity contribution in [2.45, 2.75) is 31.2 Å². The average Bonchev–Trinajstić information content (AvgIpc) is 3.24. The summed E-state index contributed by atoms with van der Waals surface area (Å²) >= 11 is 0. The number of nitrogens with zero attached hydrogens (tertiary/aromatic N) is 5. The highest BCUT2D eigenvalue weighted by atomic mass is 16.3. The molecule has 1 unspecified atom stereocenters. The lowest BCUT2D eigenvalue weighted by molar-refractivity contribution is 0.334. The number of hydrogen-bond acceptors (Lipinski definition) is 6. The van der Waals surface area contributed by atoms with Crippen LogP contribution in [0.3, 0.4) is 0 Å². The third kappa shape index (κ3) is 3.07. The van der Waals surface area contributed by atoms with E-state index in [1.807, 2.05) is 16.8 Å². The van der Waals surface area contributed by atoms with Crippen LogP contribution in [0.2, 0.25) is 0 Å². The molecule has 1 atom stereocenters. The standard InChI is InChI=1S/C21H22N6O/c1-14(15-4-7-24-21(11-15)5-6-21)18-12-23-20(26-25-18)17-3-2-16(10-19(17)28)27-9-8-22-13-27/h2-3,8-10,12-13,15,24,28H,1,4-7,11H2. The minimum Gasteiger partial charge on any atom is -0.507 e. The van der Waals surface area contributed by atoms with Gasteiger partial charge in [0, 0.05) is 24.0 Å². The lowest BCUT2D eigenvalue weighted by Gasteiger charge is -2.31. The van der Waals surface area contributed by atoms with E-state index >= 15 is 0 Å². The number of aromatic hydroxyl groups is 1. The van der Waals surface area contributed by atoms with E-state index in [2.05, 4.69) is 32.1 Å². The first-order chi connectivity index (χ1) is 13.6. The van der Waals surface area contributed by atoms with Crippen molar-refractivity contribution in [2.24, 2.45) is 5.92 Å². The van der Waals surface area contributed by atoms with Crippen molar-refractivity contribution in [2.75, 3.05) is 6.54 Å². The molecule has 1 saturated heterocycles. The van der Waals surface area contributed by atoms with Gasteiger partial charge in [-0.3, -0.25) is 0 Å². The van der Waals surface area contributed by atoms with Crippen molar-refractivity contribution >= 4 is 5.57 Å². The smallest absolute Gasteiger partial charge is 0.185 e. The molecule has 28 heavy (non-hydrogen) atoms. The number of benzene rings is 1. The molecule has 1 spiro atoms. The van der Waals surface area contributed by atoms with Gasteiger partial charge in [0.05, 0.1) is 23.8 Å². The quantitative estimate of drug-likeness (QED) is 0.730. The lowest BCUT2D eigenvalue weighted by atomic mass is 9.84. The molecule has 0 radical (unpaired) electrons. The molecule has 2 aromatic heterocycles. The van der Waals surface area contributed by atoms with Gasteiger partial charge in [-0.1, -0.05) is 6.58 Å². The molecule has 1 saturated carbocycles. The zero-order valence-electron chi connectivity index (χ0n) is 15.5. The van der Waals surface area contributed by atoms with Crippen molar-refractivity contribution in [3.05, 3.63) is 55.4 Å². The summed E-state index contributed by atoms with van der Waals surface area (Å²) in [5.74, 6) is 0.928. The second-order valence-corrected chi connectivity index (χ2v) is 7.76. The number of phenols is 1. The summed E-state index contributed by atoms with van der Waals surface area (Å²) in [5.41, 5.74) is 3.46. The molecule has 1 aliphatic carbocycles. The van der Waals surface area contributed by atoms with E-state index in [0.29, 0.717) is 22.8 Å². The molecule has 2 N–H and O–H groups in total. The maximum atomic E-state index is 10.4. The van der Waals surface area contributed by atoms with Crippen molar-refractivity contribution in [1.82, 2.24) is 30.0 Å². The predicted octanol–water partition coefficient (Wildman–Crippen LogP) is 2.98. The minimum atomic E-state index is 0.105. The zero-order chi connectivity index (χ0) is 19.1. The van der Waals surface area contributed by atoms with Crippen LogP contribution in [-0.2, 0) is 0 Å². The van der Waals surface area contributed by atoms with Gasteiger partial charge >= 0.3 is 0 Å². The monoisotopic (exact) mass is 374 g/mol. The lowest BCUT2D eigenvalue weighted by Crippen LogP contribution is -2.40. The Kier molecular flexibility index (Phi) is 3.98. The van der Waals surface area contributed by atoms with Crippen molar-refractivity contribution < 1.29 is 5.11 Å². The van der Waals surface area contributed by atoms with Gasteiger partial charge in [0.15, 0.2) is 5.82 Å². The Hall–Kier alpha value is -3.06. The van der Waals surface area contributed by atoms with Gasteiger partial charge in [-0.25, -0.2) is 9.97 Å². The second-order valence-electron chi connectivity index (χ2n) is 7.76. The molecule has 7 heteroatoms. The van der Waals surface area contributed by atoms with Crippen LogP contribution < -0.4 is 5.32 Å². The average molecular weight is 374 g/mol. The zero-order valence-corrected chi connectivity index (χ0v) is 15.5. The summed E-state index contributed by atoms with van der Waals surface area (Å²) in [5, 5.41) is 22.7. The highest BCUT2D eigenvalue weighted by Crippen LogP contribution is 2.46. The molecule has 7 nitrogen and oxygen atoms in total. The van der Waals surface area contributed by atoms with E-state index in [9.17, 15) is 5.11 Å². The highest BCUT2D eigenvalue weighted by molar-refractivity contribution is 5.67. The van der Waals surface area contributed by atoms with Gasteiger partial charge < -0.3 is 15.0 Å². The molecule has 0 bridgehead atoms. The summed E-state index contributed by atoms with van der Waals surface area (Å²) < 4.78 is 1.82. The fourth-order valence-corrected chi connectivity index (χ4v) is 4.02. The van der Waals surface area contributed by atoms with Crippen molar-refractivity contribution in [3.63, 3.8) is 0 Å². The SMILES string of the molecule is C=C(c1cnc(-c2ccc(-n3ccnc3)cc2O)nn1)C1CCNC2(CC2)C1. The number of hydrogen-bond donors (Lipinski definition) is 2. The third-order valence-electron chi connectivity index (χ3n) is 5.89. The molecule has 142 valence electrons. The Morgan fingerprint density at radius 2 is 2.18 bits per heavy atom. The van der Waals surface area contributed by atoms with Crippen molar-refractivity contribution in [1.29, 1.82) is 0 Å². The number of piperidine rings is 1. The Balaban J connectivity index is 1.35. The number of aromatic nitrogens is 5. The maximum Gasteiger partial charge on any atom is 0.185 e. The molecular formula is C21H22N6O. The van der Waals surface area contributed by atoms with Crippen LogP contribution in [-0.4, -0.2) is 41.9 Å². The van der Waals surface area contributed by atoms with Crippen LogP contribution in [0, 0.1) is 5.92 Å². The number of allylic oxidation sites excluding steroid dienone is 1.